The average Bonchev–Trinajstić information content (AvgIpc) is 2.35. The van der Waals surface area contributed by atoms with Crippen LogP contribution in [-0.4, -0.2) is 32.9 Å². The summed E-state index contributed by atoms with van der Waals surface area (Å²) in [6.45, 7) is 0. The summed E-state index contributed by atoms with van der Waals surface area (Å²) in [4.78, 5) is -0.331. The van der Waals surface area contributed by atoms with Crippen molar-refractivity contribution in [2.24, 2.45) is 0 Å². The number of nitriles is 2. The van der Waals surface area contributed by atoms with E-state index in [0.717, 1.165) is 0 Å². The van der Waals surface area contributed by atoms with Gasteiger partial charge < -0.3 is 4.55 Å². The molecule has 10 heteroatoms. The summed E-state index contributed by atoms with van der Waals surface area (Å²) in [5.41, 5.74) is -0.356. The van der Waals surface area contributed by atoms with Crippen molar-refractivity contribution in [1.82, 2.24) is 0 Å². The van der Waals surface area contributed by atoms with Crippen molar-refractivity contribution in [3.05, 3.63) is 29.3 Å². The molecule has 0 aliphatic carbocycles. The number of rotatable bonds is 5. The second kappa shape index (κ2) is 7.90. The van der Waals surface area contributed by atoms with Gasteiger partial charge in [0.15, 0.2) is 9.84 Å². The molecule has 0 bridgehead atoms. The molecule has 0 atom stereocenters. The van der Waals surface area contributed by atoms with E-state index in [9.17, 15) is 21.4 Å². The minimum atomic E-state index is -4.49. The molecule has 1 rings (SSSR count). The number of hydrogen-bond acceptors (Lipinski definition) is 7. The second-order valence-corrected chi connectivity index (χ2v) is 7.44. The third kappa shape index (κ3) is 5.75. The Balaban J connectivity index is 0.00000400. The summed E-state index contributed by atoms with van der Waals surface area (Å²) in [6, 6.07) is 7.14. The zero-order chi connectivity index (χ0) is 15.4. The zero-order valence-corrected chi connectivity index (χ0v) is 14.7. The first kappa shape index (κ1) is 20.1. The summed E-state index contributed by atoms with van der Waals surface area (Å²) >= 11 is 0. The Morgan fingerprint density at radius 2 is 1.67 bits per heavy atom. The zero-order valence-electron chi connectivity index (χ0n) is 11.1. The largest absolute Gasteiger partial charge is 1.00 e. The van der Waals surface area contributed by atoms with Gasteiger partial charge in [0.25, 0.3) is 0 Å². The van der Waals surface area contributed by atoms with E-state index in [-0.39, 0.29) is 52.0 Å². The Morgan fingerprint density at radius 3 is 2.14 bits per heavy atom. The molecule has 0 N–H and O–H groups in total. The van der Waals surface area contributed by atoms with Crippen LogP contribution in [0.15, 0.2) is 23.1 Å². The topological polar surface area (TPSA) is 139 Å². The van der Waals surface area contributed by atoms with Crippen LogP contribution in [0.1, 0.15) is 17.5 Å². The Labute approximate surface area is 145 Å². The van der Waals surface area contributed by atoms with Gasteiger partial charge in [0.1, 0.15) is 12.1 Å². The molecule has 7 nitrogen and oxygen atoms in total. The van der Waals surface area contributed by atoms with Crippen LogP contribution in [0.5, 0.6) is 0 Å². The van der Waals surface area contributed by atoms with Crippen LogP contribution in [-0.2, 0) is 20.0 Å². The van der Waals surface area contributed by atoms with Crippen LogP contribution >= 0.6 is 0 Å². The predicted octanol–water partition coefficient (Wildman–Crippen LogP) is -2.86. The van der Waals surface area contributed by atoms with E-state index in [0.29, 0.717) is 0 Å². The van der Waals surface area contributed by atoms with Crippen LogP contribution in [0.4, 0.5) is 0 Å². The number of nitrogens with zero attached hydrogens (tertiary/aromatic N) is 2. The summed E-state index contributed by atoms with van der Waals surface area (Å²) in [5.74, 6) is -1.38. The molecule has 0 saturated heterocycles. The Bertz CT molecular complexity index is 804. The van der Waals surface area contributed by atoms with Gasteiger partial charge in [-0.25, -0.2) is 16.8 Å². The van der Waals surface area contributed by atoms with E-state index in [1.807, 2.05) is 0 Å². The van der Waals surface area contributed by atoms with Crippen LogP contribution in [0.25, 0.3) is 0 Å². The van der Waals surface area contributed by atoms with Crippen molar-refractivity contribution >= 4 is 20.0 Å². The molecule has 0 aliphatic heterocycles. The molecular weight excluding hydrogens is 327 g/mol. The molecule has 0 fully saturated rings. The van der Waals surface area contributed by atoms with Gasteiger partial charge in [-0.1, -0.05) is 6.07 Å². The molecular formula is C11H9N2NaO5S2. The van der Waals surface area contributed by atoms with Gasteiger partial charge in [-0.2, -0.15) is 10.5 Å². The fourth-order valence-corrected chi connectivity index (χ4v) is 3.71. The molecule has 0 heterocycles. The van der Waals surface area contributed by atoms with Crippen molar-refractivity contribution in [3.63, 3.8) is 0 Å². The van der Waals surface area contributed by atoms with E-state index in [4.69, 9.17) is 10.5 Å². The minimum absolute atomic E-state index is 0. The summed E-state index contributed by atoms with van der Waals surface area (Å²) in [5, 5.41) is 17.7. The molecule has 0 aromatic heterocycles. The van der Waals surface area contributed by atoms with Gasteiger partial charge in [0.2, 0.25) is 0 Å². The molecule has 21 heavy (non-hydrogen) atoms. The first-order valence-electron chi connectivity index (χ1n) is 5.31. The van der Waals surface area contributed by atoms with Gasteiger partial charge in [0.05, 0.1) is 31.9 Å². The van der Waals surface area contributed by atoms with Crippen molar-refractivity contribution in [2.45, 2.75) is 11.3 Å². The molecule has 0 saturated carbocycles. The second-order valence-electron chi connectivity index (χ2n) is 3.84. The van der Waals surface area contributed by atoms with Gasteiger partial charge in [-0.05, 0) is 18.6 Å². The van der Waals surface area contributed by atoms with Gasteiger partial charge in [0, 0.05) is 5.75 Å². The number of hydrogen-bond donors (Lipinski definition) is 0. The van der Waals surface area contributed by atoms with Crippen LogP contribution < -0.4 is 29.6 Å². The molecule has 0 unspecified atom stereocenters. The summed E-state index contributed by atoms with van der Waals surface area (Å²) in [6.07, 6.45) is -0.365. The average molecular weight is 336 g/mol. The first-order chi connectivity index (χ1) is 9.21. The molecule has 1 aromatic carbocycles. The smallest absolute Gasteiger partial charge is 0.748 e. The Kier molecular flexibility index (Phi) is 7.54. The predicted molar refractivity (Wildman–Crippen MR) is 67.1 cm³/mol. The molecule has 1 aromatic rings. The monoisotopic (exact) mass is 336 g/mol. The van der Waals surface area contributed by atoms with Crippen molar-refractivity contribution < 1.29 is 50.9 Å². The standard InChI is InChI=1S/C11H10N2O5S2.Na/c12-7-9-3-1-4-11(10(9)8-13)19(14,15)5-2-6-20(16,17)18;/h1,3-4H,2,5-6H2,(H,16,17,18);/q;+1/p-1. The molecule has 0 radical (unpaired) electrons. The van der Waals surface area contributed by atoms with Crippen molar-refractivity contribution in [1.29, 1.82) is 10.5 Å². The Morgan fingerprint density at radius 1 is 1.05 bits per heavy atom. The number of sulfone groups is 1. The fourth-order valence-electron chi connectivity index (χ4n) is 1.53. The fraction of sp³-hybridized carbons (Fsp3) is 0.273. The maximum atomic E-state index is 12.0. The minimum Gasteiger partial charge on any atom is -0.748 e. The molecule has 0 amide bonds. The van der Waals surface area contributed by atoms with E-state index < -0.39 is 31.5 Å². The Hall–Kier alpha value is -0.940. The summed E-state index contributed by atoms with van der Waals surface area (Å²) < 4.78 is 55.3. The van der Waals surface area contributed by atoms with Crippen molar-refractivity contribution in [3.8, 4) is 12.1 Å². The van der Waals surface area contributed by atoms with E-state index in [1.165, 1.54) is 18.2 Å². The molecule has 106 valence electrons. The third-order valence-corrected chi connectivity index (χ3v) is 5.03. The van der Waals surface area contributed by atoms with Gasteiger partial charge in [-0.3, -0.25) is 0 Å². The van der Waals surface area contributed by atoms with Gasteiger partial charge >= 0.3 is 29.6 Å². The van der Waals surface area contributed by atoms with E-state index in [1.54, 1.807) is 12.1 Å². The number of benzene rings is 1. The maximum Gasteiger partial charge on any atom is 1.00 e. The van der Waals surface area contributed by atoms with Crippen LogP contribution in [0.2, 0.25) is 0 Å². The molecule has 0 aliphatic rings. The van der Waals surface area contributed by atoms with Crippen LogP contribution in [0, 0.1) is 22.7 Å². The summed E-state index contributed by atoms with van der Waals surface area (Å²) in [7, 11) is -8.42. The first-order valence-corrected chi connectivity index (χ1v) is 8.54. The van der Waals surface area contributed by atoms with E-state index >= 15 is 0 Å². The normalized spacial score (nSPS) is 11.0. The maximum absolute atomic E-state index is 12.0. The van der Waals surface area contributed by atoms with Crippen molar-refractivity contribution in [2.75, 3.05) is 11.5 Å². The third-order valence-electron chi connectivity index (χ3n) is 2.40. The van der Waals surface area contributed by atoms with E-state index in [2.05, 4.69) is 0 Å². The van der Waals surface area contributed by atoms with Gasteiger partial charge in [-0.15, -0.1) is 0 Å². The SMILES string of the molecule is N#Cc1cccc(S(=O)(=O)CCCS(=O)(=O)[O-])c1C#N.[Na+]. The van der Waals surface area contributed by atoms with Crippen LogP contribution in [0.3, 0.4) is 0 Å². The molecule has 0 spiro atoms. The quantitative estimate of drug-likeness (QED) is 0.416.